The second-order valence-corrected chi connectivity index (χ2v) is 3.80. The van der Waals surface area contributed by atoms with E-state index in [0.29, 0.717) is 5.92 Å². The molecular formula is C11H15ClO2. The minimum Gasteiger partial charge on any atom is -0.468 e. The predicted octanol–water partition coefficient (Wildman–Crippen LogP) is 3.45. The zero-order valence-corrected chi connectivity index (χ0v) is 9.47. The van der Waals surface area contributed by atoms with E-state index in [1.807, 2.05) is 18.2 Å². The lowest BCUT2D eigenvalue weighted by molar-refractivity contribution is 0.0511. The molecule has 0 aliphatic carbocycles. The number of rotatable bonds is 4. The van der Waals surface area contributed by atoms with Gasteiger partial charge in [0.2, 0.25) is 0 Å². The summed E-state index contributed by atoms with van der Waals surface area (Å²) in [5, 5.41) is 0.744. The van der Waals surface area contributed by atoms with Crippen molar-refractivity contribution in [3.05, 3.63) is 28.8 Å². The van der Waals surface area contributed by atoms with E-state index < -0.39 is 0 Å². The SMILES string of the molecule is COCOc1ccc(C(C)C)c(Cl)c1. The highest BCUT2D eigenvalue weighted by Gasteiger charge is 2.05. The van der Waals surface area contributed by atoms with Gasteiger partial charge in [-0.3, -0.25) is 0 Å². The summed E-state index contributed by atoms with van der Waals surface area (Å²) < 4.78 is 10.1. The van der Waals surface area contributed by atoms with Crippen molar-refractivity contribution in [1.29, 1.82) is 0 Å². The molecule has 0 radical (unpaired) electrons. The summed E-state index contributed by atoms with van der Waals surface area (Å²) in [5.41, 5.74) is 1.14. The van der Waals surface area contributed by atoms with Crippen molar-refractivity contribution in [1.82, 2.24) is 0 Å². The lowest BCUT2D eigenvalue weighted by Crippen LogP contribution is -1.99. The van der Waals surface area contributed by atoms with Crippen LogP contribution in [0, 0.1) is 0 Å². The fourth-order valence-corrected chi connectivity index (χ4v) is 1.58. The first-order valence-corrected chi connectivity index (χ1v) is 4.94. The Balaban J connectivity index is 2.78. The molecular weight excluding hydrogens is 200 g/mol. The molecule has 0 aliphatic rings. The Kier molecular flexibility index (Phi) is 4.23. The second kappa shape index (κ2) is 5.23. The summed E-state index contributed by atoms with van der Waals surface area (Å²) in [5.74, 6) is 1.17. The molecule has 1 aromatic rings. The summed E-state index contributed by atoms with van der Waals surface area (Å²) in [7, 11) is 1.59. The number of benzene rings is 1. The average molecular weight is 215 g/mol. The van der Waals surface area contributed by atoms with Crippen LogP contribution in [0.3, 0.4) is 0 Å². The number of methoxy groups -OCH3 is 1. The van der Waals surface area contributed by atoms with Crippen molar-refractivity contribution < 1.29 is 9.47 Å². The highest BCUT2D eigenvalue weighted by molar-refractivity contribution is 6.31. The average Bonchev–Trinajstić information content (AvgIpc) is 2.14. The molecule has 1 aromatic carbocycles. The Morgan fingerprint density at radius 1 is 1.36 bits per heavy atom. The van der Waals surface area contributed by atoms with E-state index in [1.165, 1.54) is 0 Å². The number of hydrogen-bond acceptors (Lipinski definition) is 2. The molecule has 0 saturated carbocycles. The molecule has 0 saturated heterocycles. The Labute approximate surface area is 89.8 Å². The lowest BCUT2D eigenvalue weighted by Gasteiger charge is -2.10. The molecule has 0 fully saturated rings. The Morgan fingerprint density at radius 2 is 2.07 bits per heavy atom. The molecule has 3 heteroatoms. The quantitative estimate of drug-likeness (QED) is 0.715. The Bertz CT molecular complexity index is 297. The van der Waals surface area contributed by atoms with Crippen molar-refractivity contribution in [3.8, 4) is 5.75 Å². The van der Waals surface area contributed by atoms with Crippen LogP contribution in [-0.4, -0.2) is 13.9 Å². The van der Waals surface area contributed by atoms with Gasteiger partial charge in [-0.2, -0.15) is 0 Å². The van der Waals surface area contributed by atoms with E-state index >= 15 is 0 Å². The number of halogens is 1. The van der Waals surface area contributed by atoms with E-state index in [4.69, 9.17) is 21.1 Å². The lowest BCUT2D eigenvalue weighted by atomic mass is 10.0. The minimum absolute atomic E-state index is 0.247. The van der Waals surface area contributed by atoms with Gasteiger partial charge in [-0.15, -0.1) is 0 Å². The first kappa shape index (κ1) is 11.3. The molecule has 1 rings (SSSR count). The number of hydrogen-bond donors (Lipinski definition) is 0. The highest BCUT2D eigenvalue weighted by atomic mass is 35.5. The third kappa shape index (κ3) is 2.89. The Morgan fingerprint density at radius 3 is 2.57 bits per heavy atom. The standard InChI is InChI=1S/C11H15ClO2/c1-8(2)10-5-4-9(6-11(10)12)14-7-13-3/h4-6,8H,7H2,1-3H3. The van der Waals surface area contributed by atoms with Crippen molar-refractivity contribution in [2.45, 2.75) is 19.8 Å². The molecule has 14 heavy (non-hydrogen) atoms. The van der Waals surface area contributed by atoms with E-state index in [0.717, 1.165) is 16.3 Å². The summed E-state index contributed by atoms with van der Waals surface area (Å²) in [6.45, 7) is 4.46. The van der Waals surface area contributed by atoms with Crippen LogP contribution in [0.4, 0.5) is 0 Å². The van der Waals surface area contributed by atoms with Gasteiger partial charge in [0.25, 0.3) is 0 Å². The van der Waals surface area contributed by atoms with Crippen LogP contribution in [0.1, 0.15) is 25.3 Å². The van der Waals surface area contributed by atoms with Crippen LogP contribution in [0.2, 0.25) is 5.02 Å². The van der Waals surface area contributed by atoms with Crippen LogP contribution in [0.15, 0.2) is 18.2 Å². The molecule has 0 aliphatic heterocycles. The molecule has 0 unspecified atom stereocenters. The van der Waals surface area contributed by atoms with Crippen LogP contribution >= 0.6 is 11.6 Å². The van der Waals surface area contributed by atoms with Crippen molar-refractivity contribution >= 4 is 11.6 Å². The molecule has 0 bridgehead atoms. The van der Waals surface area contributed by atoms with Crippen LogP contribution < -0.4 is 4.74 Å². The van der Waals surface area contributed by atoms with Gasteiger partial charge >= 0.3 is 0 Å². The molecule has 78 valence electrons. The summed E-state index contributed by atoms with van der Waals surface area (Å²) >= 11 is 6.08. The van der Waals surface area contributed by atoms with Crippen molar-refractivity contribution in [2.75, 3.05) is 13.9 Å². The maximum absolute atomic E-state index is 6.08. The van der Waals surface area contributed by atoms with Gasteiger partial charge in [0.15, 0.2) is 6.79 Å². The van der Waals surface area contributed by atoms with E-state index in [9.17, 15) is 0 Å². The number of ether oxygens (including phenoxy) is 2. The largest absolute Gasteiger partial charge is 0.468 e. The van der Waals surface area contributed by atoms with Gasteiger partial charge in [0.1, 0.15) is 5.75 Å². The first-order chi connectivity index (χ1) is 6.65. The maximum Gasteiger partial charge on any atom is 0.188 e. The summed E-state index contributed by atoms with van der Waals surface area (Å²) in [6, 6.07) is 5.70. The zero-order valence-electron chi connectivity index (χ0n) is 8.71. The fourth-order valence-electron chi connectivity index (χ4n) is 1.19. The second-order valence-electron chi connectivity index (χ2n) is 3.39. The fraction of sp³-hybridized carbons (Fsp3) is 0.455. The Hall–Kier alpha value is -0.730. The summed E-state index contributed by atoms with van der Waals surface area (Å²) in [4.78, 5) is 0. The smallest absolute Gasteiger partial charge is 0.188 e. The van der Waals surface area contributed by atoms with Gasteiger partial charge in [-0.05, 0) is 23.6 Å². The normalized spacial score (nSPS) is 10.6. The zero-order chi connectivity index (χ0) is 10.6. The molecule has 0 atom stereocenters. The van der Waals surface area contributed by atoms with Crippen LogP contribution in [0.25, 0.3) is 0 Å². The molecule has 0 amide bonds. The molecule has 2 nitrogen and oxygen atoms in total. The third-order valence-electron chi connectivity index (χ3n) is 1.94. The van der Waals surface area contributed by atoms with E-state index in [1.54, 1.807) is 7.11 Å². The maximum atomic E-state index is 6.08. The monoisotopic (exact) mass is 214 g/mol. The van der Waals surface area contributed by atoms with Gasteiger partial charge in [0.05, 0.1) is 0 Å². The van der Waals surface area contributed by atoms with E-state index in [-0.39, 0.29) is 6.79 Å². The molecule has 0 heterocycles. The molecule has 0 aromatic heterocycles. The molecule has 0 N–H and O–H groups in total. The van der Waals surface area contributed by atoms with Crippen LogP contribution in [-0.2, 0) is 4.74 Å². The van der Waals surface area contributed by atoms with Gasteiger partial charge in [-0.1, -0.05) is 31.5 Å². The van der Waals surface area contributed by atoms with Gasteiger partial charge in [-0.25, -0.2) is 0 Å². The first-order valence-electron chi connectivity index (χ1n) is 4.56. The van der Waals surface area contributed by atoms with Crippen molar-refractivity contribution in [3.63, 3.8) is 0 Å². The van der Waals surface area contributed by atoms with Crippen LogP contribution in [0.5, 0.6) is 5.75 Å². The molecule has 0 spiro atoms. The van der Waals surface area contributed by atoms with E-state index in [2.05, 4.69) is 13.8 Å². The predicted molar refractivity (Wildman–Crippen MR) is 58.0 cm³/mol. The van der Waals surface area contributed by atoms with Gasteiger partial charge in [0, 0.05) is 12.1 Å². The third-order valence-corrected chi connectivity index (χ3v) is 2.26. The highest BCUT2D eigenvalue weighted by Crippen LogP contribution is 2.27. The van der Waals surface area contributed by atoms with Gasteiger partial charge < -0.3 is 9.47 Å². The minimum atomic E-state index is 0.247. The summed E-state index contributed by atoms with van der Waals surface area (Å²) in [6.07, 6.45) is 0. The van der Waals surface area contributed by atoms with Crippen molar-refractivity contribution in [2.24, 2.45) is 0 Å². The topological polar surface area (TPSA) is 18.5 Å².